The van der Waals surface area contributed by atoms with Crippen molar-refractivity contribution in [1.29, 1.82) is 0 Å². The first-order chi connectivity index (χ1) is 12.5. The van der Waals surface area contributed by atoms with Crippen LogP contribution in [0.1, 0.15) is 35.7 Å². The maximum absolute atomic E-state index is 12.8. The summed E-state index contributed by atoms with van der Waals surface area (Å²) in [6.45, 7) is 4.85. The minimum Gasteiger partial charge on any atom is -0.496 e. The van der Waals surface area contributed by atoms with Gasteiger partial charge >= 0.3 is 0 Å². The van der Waals surface area contributed by atoms with E-state index in [0.717, 1.165) is 0 Å². The van der Waals surface area contributed by atoms with Crippen molar-refractivity contribution in [2.75, 3.05) is 27.9 Å². The molecule has 1 atom stereocenters. The molecule has 5 nitrogen and oxygen atoms in total. The Labute approximate surface area is 155 Å². The number of methoxy groups -OCH3 is 3. The predicted octanol–water partition coefficient (Wildman–Crippen LogP) is 3.88. The summed E-state index contributed by atoms with van der Waals surface area (Å²) >= 11 is 0. The Hall–Kier alpha value is -2.69. The minimum absolute atomic E-state index is 0.204. The molecule has 0 aromatic heterocycles. The topological polar surface area (TPSA) is 56.8 Å². The van der Waals surface area contributed by atoms with Crippen LogP contribution in [0.4, 0.5) is 0 Å². The third-order valence-electron chi connectivity index (χ3n) is 4.47. The number of carbonyl (C=O) groups is 1. The second kappa shape index (κ2) is 9.13. The van der Waals surface area contributed by atoms with Gasteiger partial charge in [0.2, 0.25) is 0 Å². The number of hydrogen-bond donors (Lipinski definition) is 1. The molecular formula is C21H27NO4. The van der Waals surface area contributed by atoms with Crippen LogP contribution in [-0.4, -0.2) is 33.8 Å². The summed E-state index contributed by atoms with van der Waals surface area (Å²) in [6.07, 6.45) is 0. The van der Waals surface area contributed by atoms with E-state index in [1.807, 2.05) is 18.2 Å². The summed E-state index contributed by atoms with van der Waals surface area (Å²) < 4.78 is 15.9. The Balaban J connectivity index is 2.21. The number of nitrogens with one attached hydrogen (secondary N) is 1. The molecular weight excluding hydrogens is 330 g/mol. The summed E-state index contributed by atoms with van der Waals surface area (Å²) in [5, 5.41) is 3.03. The highest BCUT2D eigenvalue weighted by Gasteiger charge is 2.21. The molecule has 2 aromatic carbocycles. The predicted molar refractivity (Wildman–Crippen MR) is 102 cm³/mol. The van der Waals surface area contributed by atoms with Crippen LogP contribution in [0.15, 0.2) is 42.5 Å². The van der Waals surface area contributed by atoms with Gasteiger partial charge < -0.3 is 19.5 Å². The van der Waals surface area contributed by atoms with Crippen molar-refractivity contribution in [3.05, 3.63) is 53.6 Å². The van der Waals surface area contributed by atoms with Gasteiger partial charge in [-0.25, -0.2) is 0 Å². The Morgan fingerprint density at radius 3 is 2.04 bits per heavy atom. The number of ether oxygens (including phenoxy) is 3. The second-order valence-corrected chi connectivity index (χ2v) is 6.38. The monoisotopic (exact) mass is 357 g/mol. The van der Waals surface area contributed by atoms with Crippen molar-refractivity contribution >= 4 is 5.91 Å². The lowest BCUT2D eigenvalue weighted by atomic mass is 9.88. The van der Waals surface area contributed by atoms with E-state index in [0.29, 0.717) is 35.3 Å². The van der Waals surface area contributed by atoms with Gasteiger partial charge in [-0.15, -0.1) is 0 Å². The number of hydrogen-bond acceptors (Lipinski definition) is 4. The van der Waals surface area contributed by atoms with E-state index in [9.17, 15) is 4.79 Å². The Kier molecular flexibility index (Phi) is 6.89. The van der Waals surface area contributed by atoms with Crippen molar-refractivity contribution in [2.45, 2.75) is 19.8 Å². The second-order valence-electron chi connectivity index (χ2n) is 6.38. The van der Waals surface area contributed by atoms with Gasteiger partial charge in [-0.05, 0) is 11.5 Å². The van der Waals surface area contributed by atoms with Crippen LogP contribution < -0.4 is 19.5 Å². The maximum Gasteiger partial charge on any atom is 0.255 e. The molecule has 0 aliphatic heterocycles. The largest absolute Gasteiger partial charge is 0.496 e. The first-order valence-electron chi connectivity index (χ1n) is 8.65. The third-order valence-corrected chi connectivity index (χ3v) is 4.47. The highest BCUT2D eigenvalue weighted by atomic mass is 16.5. The molecule has 0 aliphatic rings. The highest BCUT2D eigenvalue weighted by Crippen LogP contribution is 2.34. The van der Waals surface area contributed by atoms with Crippen molar-refractivity contribution in [2.24, 2.45) is 5.92 Å². The number of amides is 1. The fourth-order valence-electron chi connectivity index (χ4n) is 2.94. The molecule has 0 bridgehead atoms. The molecule has 2 aromatic rings. The van der Waals surface area contributed by atoms with Gasteiger partial charge in [0.1, 0.15) is 5.75 Å². The number of rotatable bonds is 8. The summed E-state index contributed by atoms with van der Waals surface area (Å²) in [5.41, 5.74) is 1.63. The molecule has 0 saturated heterocycles. The molecule has 0 heterocycles. The van der Waals surface area contributed by atoms with Crippen LogP contribution in [0.5, 0.6) is 17.2 Å². The number of benzene rings is 2. The molecule has 1 N–H and O–H groups in total. The average molecular weight is 357 g/mol. The lowest BCUT2D eigenvalue weighted by molar-refractivity contribution is 0.0945. The van der Waals surface area contributed by atoms with Crippen molar-refractivity contribution in [1.82, 2.24) is 5.32 Å². The SMILES string of the molecule is COc1cc(OC)c(C(=O)NCC(c2ccccc2)C(C)C)cc1OC. The molecule has 0 spiro atoms. The standard InChI is InChI=1S/C21H27NO4/c1-14(2)17(15-9-7-6-8-10-15)13-22-21(23)16-11-19(25-4)20(26-5)12-18(16)24-3/h6-12,14,17H,13H2,1-5H3,(H,22,23). The van der Waals surface area contributed by atoms with E-state index < -0.39 is 0 Å². The third kappa shape index (κ3) is 4.48. The van der Waals surface area contributed by atoms with Crippen LogP contribution >= 0.6 is 0 Å². The minimum atomic E-state index is -0.204. The fourth-order valence-corrected chi connectivity index (χ4v) is 2.94. The highest BCUT2D eigenvalue weighted by molar-refractivity contribution is 5.97. The van der Waals surface area contributed by atoms with Crippen LogP contribution in [-0.2, 0) is 0 Å². The van der Waals surface area contributed by atoms with Crippen molar-refractivity contribution < 1.29 is 19.0 Å². The van der Waals surface area contributed by atoms with Gasteiger partial charge in [0.15, 0.2) is 11.5 Å². The Morgan fingerprint density at radius 2 is 1.50 bits per heavy atom. The van der Waals surface area contributed by atoms with Crippen molar-refractivity contribution in [3.8, 4) is 17.2 Å². The van der Waals surface area contributed by atoms with Gasteiger partial charge in [-0.1, -0.05) is 44.2 Å². The molecule has 0 fully saturated rings. The van der Waals surface area contributed by atoms with Crippen LogP contribution in [0, 0.1) is 5.92 Å². The van der Waals surface area contributed by atoms with E-state index in [-0.39, 0.29) is 11.8 Å². The summed E-state index contributed by atoms with van der Waals surface area (Å²) in [7, 11) is 4.61. The molecule has 0 aliphatic carbocycles. The van der Waals surface area contributed by atoms with E-state index in [1.165, 1.54) is 19.8 Å². The molecule has 1 amide bonds. The van der Waals surface area contributed by atoms with E-state index in [2.05, 4.69) is 31.3 Å². The first-order valence-corrected chi connectivity index (χ1v) is 8.65. The molecule has 0 radical (unpaired) electrons. The van der Waals surface area contributed by atoms with E-state index >= 15 is 0 Å². The molecule has 140 valence electrons. The summed E-state index contributed by atoms with van der Waals surface area (Å²) in [6, 6.07) is 13.5. The normalized spacial score (nSPS) is 11.8. The van der Waals surface area contributed by atoms with E-state index in [4.69, 9.17) is 14.2 Å². The molecule has 0 saturated carbocycles. The van der Waals surface area contributed by atoms with Gasteiger partial charge in [-0.2, -0.15) is 0 Å². The molecule has 1 unspecified atom stereocenters. The van der Waals surface area contributed by atoms with Gasteiger partial charge in [0, 0.05) is 24.6 Å². The summed E-state index contributed by atoms with van der Waals surface area (Å²) in [4.78, 5) is 12.8. The van der Waals surface area contributed by atoms with E-state index in [1.54, 1.807) is 19.2 Å². The van der Waals surface area contributed by atoms with Gasteiger partial charge in [-0.3, -0.25) is 4.79 Å². The zero-order valence-corrected chi connectivity index (χ0v) is 16.0. The fraction of sp³-hybridized carbons (Fsp3) is 0.381. The Morgan fingerprint density at radius 1 is 0.923 bits per heavy atom. The van der Waals surface area contributed by atoms with Crippen LogP contribution in [0.2, 0.25) is 0 Å². The maximum atomic E-state index is 12.8. The van der Waals surface area contributed by atoms with Crippen LogP contribution in [0.3, 0.4) is 0 Å². The molecule has 2 rings (SSSR count). The lowest BCUT2D eigenvalue weighted by Gasteiger charge is -2.22. The van der Waals surface area contributed by atoms with Gasteiger partial charge in [0.25, 0.3) is 5.91 Å². The van der Waals surface area contributed by atoms with Crippen LogP contribution in [0.25, 0.3) is 0 Å². The smallest absolute Gasteiger partial charge is 0.255 e. The first kappa shape index (κ1) is 19.6. The average Bonchev–Trinajstić information content (AvgIpc) is 2.67. The quantitative estimate of drug-likeness (QED) is 0.779. The lowest BCUT2D eigenvalue weighted by Crippen LogP contribution is -2.30. The zero-order chi connectivity index (χ0) is 19.1. The Bertz CT molecular complexity index is 728. The number of carbonyl (C=O) groups excluding carboxylic acids is 1. The zero-order valence-electron chi connectivity index (χ0n) is 16.0. The molecule has 26 heavy (non-hydrogen) atoms. The van der Waals surface area contributed by atoms with Crippen molar-refractivity contribution in [3.63, 3.8) is 0 Å². The summed E-state index contributed by atoms with van der Waals surface area (Å²) in [5.74, 6) is 1.87. The van der Waals surface area contributed by atoms with Gasteiger partial charge in [0.05, 0.1) is 26.9 Å². The molecule has 5 heteroatoms.